The number of nitrogens with zero attached hydrogens (tertiary/aromatic N) is 2. The second kappa shape index (κ2) is 5.87. The second-order valence-electron chi connectivity index (χ2n) is 4.08. The highest BCUT2D eigenvalue weighted by Crippen LogP contribution is 2.42. The highest BCUT2D eigenvalue weighted by Gasteiger charge is 2.24. The fourth-order valence-electron chi connectivity index (χ4n) is 1.59. The SMILES string of the molecule is C[C@H](O)c1cc([N+](=O)[O-])c(Oc2cccc(F)c2C#N)s1. The Morgan fingerprint density at radius 1 is 1.57 bits per heavy atom. The normalized spacial score (nSPS) is 11.7. The van der Waals surface area contributed by atoms with Gasteiger partial charge in [0.15, 0.2) is 0 Å². The summed E-state index contributed by atoms with van der Waals surface area (Å²) in [5.41, 5.74) is -0.678. The standard InChI is InChI=1S/C13H9FN2O4S/c1-7(17)12-5-10(16(18)19)13(21-12)20-11-4-2-3-9(14)8(11)6-15/h2-5,7,17H,1H3/t7-/m0/s1. The molecule has 1 N–H and O–H groups in total. The van der Waals surface area contributed by atoms with Crippen LogP contribution in [0.15, 0.2) is 24.3 Å². The van der Waals surface area contributed by atoms with E-state index in [4.69, 9.17) is 10.00 Å². The van der Waals surface area contributed by atoms with E-state index in [2.05, 4.69) is 0 Å². The number of hydrogen-bond acceptors (Lipinski definition) is 6. The first-order chi connectivity index (χ1) is 9.93. The van der Waals surface area contributed by atoms with E-state index in [0.717, 1.165) is 17.4 Å². The third kappa shape index (κ3) is 2.99. The molecule has 0 aliphatic heterocycles. The van der Waals surface area contributed by atoms with Gasteiger partial charge in [0, 0.05) is 10.9 Å². The third-order valence-electron chi connectivity index (χ3n) is 2.60. The average Bonchev–Trinajstić information content (AvgIpc) is 2.83. The molecular weight excluding hydrogens is 299 g/mol. The monoisotopic (exact) mass is 308 g/mol. The zero-order chi connectivity index (χ0) is 15.6. The summed E-state index contributed by atoms with van der Waals surface area (Å²) < 4.78 is 18.8. The van der Waals surface area contributed by atoms with Crippen LogP contribution in [-0.4, -0.2) is 10.0 Å². The number of nitro groups is 1. The largest absolute Gasteiger partial charge is 0.438 e. The van der Waals surface area contributed by atoms with Crippen molar-refractivity contribution in [2.24, 2.45) is 0 Å². The summed E-state index contributed by atoms with van der Waals surface area (Å²) in [6.07, 6.45) is -0.894. The molecule has 0 aliphatic carbocycles. The molecule has 0 amide bonds. The maximum absolute atomic E-state index is 13.5. The van der Waals surface area contributed by atoms with Gasteiger partial charge in [-0.15, -0.1) is 0 Å². The van der Waals surface area contributed by atoms with Crippen LogP contribution < -0.4 is 4.74 Å². The summed E-state index contributed by atoms with van der Waals surface area (Å²) in [5, 5.41) is 29.3. The lowest BCUT2D eigenvalue weighted by molar-refractivity contribution is -0.385. The van der Waals surface area contributed by atoms with Crippen molar-refractivity contribution in [3.8, 4) is 16.9 Å². The van der Waals surface area contributed by atoms with E-state index < -0.39 is 16.8 Å². The number of ether oxygens (including phenoxy) is 1. The summed E-state index contributed by atoms with van der Waals surface area (Å²) in [7, 11) is 0. The maximum Gasteiger partial charge on any atom is 0.323 e. The molecule has 21 heavy (non-hydrogen) atoms. The van der Waals surface area contributed by atoms with Gasteiger partial charge in [0.2, 0.25) is 0 Å². The number of aliphatic hydroxyl groups excluding tert-OH is 1. The van der Waals surface area contributed by atoms with Gasteiger partial charge in [-0.05, 0) is 19.1 Å². The number of nitriles is 1. The van der Waals surface area contributed by atoms with Crippen molar-refractivity contribution in [2.45, 2.75) is 13.0 Å². The minimum atomic E-state index is -0.894. The first kappa shape index (κ1) is 14.9. The van der Waals surface area contributed by atoms with Gasteiger partial charge in [-0.2, -0.15) is 5.26 Å². The molecular formula is C13H9FN2O4S. The van der Waals surface area contributed by atoms with Gasteiger partial charge in [0.05, 0.1) is 11.0 Å². The molecule has 1 heterocycles. The van der Waals surface area contributed by atoms with Gasteiger partial charge in [0.1, 0.15) is 23.2 Å². The average molecular weight is 308 g/mol. The number of hydrogen-bond donors (Lipinski definition) is 1. The van der Waals surface area contributed by atoms with E-state index in [0.29, 0.717) is 4.88 Å². The lowest BCUT2D eigenvalue weighted by Gasteiger charge is -2.05. The number of rotatable bonds is 4. The van der Waals surface area contributed by atoms with Gasteiger partial charge in [-0.25, -0.2) is 4.39 Å². The van der Waals surface area contributed by atoms with E-state index in [1.807, 2.05) is 0 Å². The van der Waals surface area contributed by atoms with Crippen molar-refractivity contribution in [1.82, 2.24) is 0 Å². The zero-order valence-corrected chi connectivity index (χ0v) is 11.6. The highest BCUT2D eigenvalue weighted by atomic mass is 32.1. The second-order valence-corrected chi connectivity index (χ2v) is 5.13. The van der Waals surface area contributed by atoms with Crippen molar-refractivity contribution >= 4 is 17.0 Å². The number of thiophene rings is 1. The maximum atomic E-state index is 13.5. The van der Waals surface area contributed by atoms with Crippen molar-refractivity contribution in [2.75, 3.05) is 0 Å². The Kier molecular flexibility index (Phi) is 4.16. The van der Waals surface area contributed by atoms with Gasteiger partial charge in [-0.1, -0.05) is 17.4 Å². The molecule has 2 rings (SSSR count). The molecule has 1 atom stereocenters. The fourth-order valence-corrected chi connectivity index (χ4v) is 2.51. The van der Waals surface area contributed by atoms with Crippen LogP contribution >= 0.6 is 11.3 Å². The minimum absolute atomic E-state index is 0.111. The van der Waals surface area contributed by atoms with Crippen LogP contribution in [0.3, 0.4) is 0 Å². The molecule has 0 unspecified atom stereocenters. The molecule has 1 aromatic carbocycles. The van der Waals surface area contributed by atoms with Crippen LogP contribution in [0, 0.1) is 27.3 Å². The zero-order valence-electron chi connectivity index (χ0n) is 10.7. The number of benzene rings is 1. The number of halogens is 1. The quantitative estimate of drug-likeness (QED) is 0.688. The topological polar surface area (TPSA) is 96.4 Å². The van der Waals surface area contributed by atoms with Gasteiger partial charge < -0.3 is 9.84 Å². The molecule has 108 valence electrons. The molecule has 0 saturated carbocycles. The van der Waals surface area contributed by atoms with Crippen molar-refractivity contribution < 1.29 is 19.2 Å². The molecule has 0 aliphatic rings. The molecule has 0 saturated heterocycles. The van der Waals surface area contributed by atoms with E-state index in [9.17, 15) is 19.6 Å². The van der Waals surface area contributed by atoms with Gasteiger partial charge in [0.25, 0.3) is 5.06 Å². The minimum Gasteiger partial charge on any atom is -0.438 e. The van der Waals surface area contributed by atoms with E-state index >= 15 is 0 Å². The smallest absolute Gasteiger partial charge is 0.323 e. The predicted molar refractivity (Wildman–Crippen MR) is 72.8 cm³/mol. The van der Waals surface area contributed by atoms with E-state index in [-0.39, 0.29) is 22.1 Å². The van der Waals surface area contributed by atoms with Crippen molar-refractivity contribution in [3.05, 3.63) is 50.6 Å². The Morgan fingerprint density at radius 2 is 2.29 bits per heavy atom. The van der Waals surface area contributed by atoms with Crippen LogP contribution in [0.5, 0.6) is 10.8 Å². The molecule has 0 spiro atoms. The first-order valence-electron chi connectivity index (χ1n) is 5.76. The molecule has 8 heteroatoms. The molecule has 2 aromatic rings. The van der Waals surface area contributed by atoms with Gasteiger partial charge >= 0.3 is 5.69 Å². The molecule has 0 fully saturated rings. The van der Waals surface area contributed by atoms with Crippen molar-refractivity contribution in [1.29, 1.82) is 5.26 Å². The van der Waals surface area contributed by atoms with Gasteiger partial charge in [-0.3, -0.25) is 10.1 Å². The summed E-state index contributed by atoms with van der Waals surface area (Å²) in [6.45, 7) is 1.46. The summed E-state index contributed by atoms with van der Waals surface area (Å²) >= 11 is 0.870. The van der Waals surface area contributed by atoms with Crippen molar-refractivity contribution in [3.63, 3.8) is 0 Å². The Balaban J connectivity index is 2.47. The Morgan fingerprint density at radius 3 is 2.86 bits per heavy atom. The van der Waals surface area contributed by atoms with Crippen LogP contribution in [0.4, 0.5) is 10.1 Å². The Hall–Kier alpha value is -2.50. The van der Waals surface area contributed by atoms with E-state index in [1.54, 1.807) is 6.07 Å². The van der Waals surface area contributed by atoms with Crippen LogP contribution in [0.25, 0.3) is 0 Å². The van der Waals surface area contributed by atoms with E-state index in [1.165, 1.54) is 25.1 Å². The highest BCUT2D eigenvalue weighted by molar-refractivity contribution is 7.14. The number of aliphatic hydroxyl groups is 1. The van der Waals surface area contributed by atoms with Crippen LogP contribution in [0.2, 0.25) is 0 Å². The lowest BCUT2D eigenvalue weighted by atomic mass is 10.2. The molecule has 0 radical (unpaired) electrons. The first-order valence-corrected chi connectivity index (χ1v) is 6.58. The molecule has 1 aromatic heterocycles. The lowest BCUT2D eigenvalue weighted by Crippen LogP contribution is -1.93. The van der Waals surface area contributed by atoms with Crippen LogP contribution in [0.1, 0.15) is 23.5 Å². The molecule has 0 bridgehead atoms. The predicted octanol–water partition coefficient (Wildman–Crippen LogP) is 3.51. The summed E-state index contributed by atoms with van der Waals surface area (Å²) in [5.74, 6) is -0.885. The summed E-state index contributed by atoms with van der Waals surface area (Å²) in [6, 6.07) is 6.61. The van der Waals surface area contributed by atoms with Crippen LogP contribution in [-0.2, 0) is 0 Å². The third-order valence-corrected chi connectivity index (χ3v) is 3.77. The molecule has 6 nitrogen and oxygen atoms in total. The summed E-state index contributed by atoms with van der Waals surface area (Å²) in [4.78, 5) is 10.7. The Bertz CT molecular complexity index is 736. The fraction of sp³-hybridized carbons (Fsp3) is 0.154. The Labute approximate surface area is 122 Å².